The second-order valence-electron chi connectivity index (χ2n) is 7.00. The van der Waals surface area contributed by atoms with Gasteiger partial charge in [-0.05, 0) is 41.8 Å². The molecule has 0 aromatic heterocycles. The highest BCUT2D eigenvalue weighted by atomic mass is 32.2. The van der Waals surface area contributed by atoms with Crippen molar-refractivity contribution in [3.05, 3.63) is 59.7 Å². The van der Waals surface area contributed by atoms with Crippen LogP contribution in [0.1, 0.15) is 31.4 Å². The van der Waals surface area contributed by atoms with Crippen molar-refractivity contribution >= 4 is 15.9 Å². The monoisotopic (exact) mass is 448 g/mol. The first kappa shape index (κ1) is 24.8. The van der Waals surface area contributed by atoms with Crippen LogP contribution < -0.4 is 10.1 Å². The van der Waals surface area contributed by atoms with Crippen molar-refractivity contribution in [2.45, 2.75) is 38.1 Å². The first-order valence-electron chi connectivity index (χ1n) is 10.5. The Morgan fingerprint density at radius 3 is 2.13 bits per heavy atom. The number of hydrogen-bond donors (Lipinski definition) is 1. The van der Waals surface area contributed by atoms with Crippen molar-refractivity contribution in [2.24, 2.45) is 0 Å². The van der Waals surface area contributed by atoms with E-state index in [9.17, 15) is 13.2 Å². The third-order valence-electron chi connectivity index (χ3n) is 4.88. The molecule has 8 heteroatoms. The second kappa shape index (κ2) is 12.4. The fourth-order valence-corrected chi connectivity index (χ4v) is 4.49. The first-order valence-corrected chi connectivity index (χ1v) is 11.9. The summed E-state index contributed by atoms with van der Waals surface area (Å²) in [5.74, 6) is 0.707. The molecule has 2 rings (SSSR count). The van der Waals surface area contributed by atoms with Crippen LogP contribution in [-0.4, -0.2) is 52.0 Å². The molecule has 0 heterocycles. The van der Waals surface area contributed by atoms with E-state index < -0.39 is 10.0 Å². The van der Waals surface area contributed by atoms with Crippen LogP contribution in [0.25, 0.3) is 0 Å². The van der Waals surface area contributed by atoms with Crippen LogP contribution in [0, 0.1) is 0 Å². The lowest BCUT2D eigenvalue weighted by atomic mass is 10.1. The minimum Gasteiger partial charge on any atom is -0.491 e. The number of sulfonamides is 1. The molecule has 0 aliphatic rings. The third kappa shape index (κ3) is 7.65. The minimum atomic E-state index is -3.46. The third-order valence-corrected chi connectivity index (χ3v) is 6.94. The lowest BCUT2D eigenvalue weighted by Gasteiger charge is -2.18. The minimum absolute atomic E-state index is 0.0553. The van der Waals surface area contributed by atoms with E-state index in [1.54, 1.807) is 31.4 Å². The summed E-state index contributed by atoms with van der Waals surface area (Å²) < 4.78 is 36.9. The molecular formula is C23H32N2O5S. The number of aryl methyl sites for hydroxylation is 1. The molecule has 0 aliphatic heterocycles. The predicted molar refractivity (Wildman–Crippen MR) is 121 cm³/mol. The number of methoxy groups -OCH3 is 1. The molecule has 0 atom stereocenters. The molecule has 0 bridgehead atoms. The molecule has 7 nitrogen and oxygen atoms in total. The van der Waals surface area contributed by atoms with Gasteiger partial charge in [-0.2, -0.15) is 4.31 Å². The largest absolute Gasteiger partial charge is 0.491 e. The van der Waals surface area contributed by atoms with Crippen LogP contribution in [0.3, 0.4) is 0 Å². The summed E-state index contributed by atoms with van der Waals surface area (Å²) in [6.07, 6.45) is 0.879. The van der Waals surface area contributed by atoms with Crippen LogP contribution in [0.15, 0.2) is 53.4 Å². The molecule has 0 aliphatic carbocycles. The summed E-state index contributed by atoms with van der Waals surface area (Å²) in [7, 11) is -1.83. The quantitative estimate of drug-likeness (QED) is 0.476. The first-order chi connectivity index (χ1) is 14.9. The van der Waals surface area contributed by atoms with Crippen molar-refractivity contribution in [3.8, 4) is 5.75 Å². The molecule has 1 N–H and O–H groups in total. The molecule has 31 heavy (non-hydrogen) atoms. The lowest BCUT2D eigenvalue weighted by molar-refractivity contribution is -0.121. The average Bonchev–Trinajstić information content (AvgIpc) is 2.78. The number of amides is 1. The number of rotatable bonds is 13. The van der Waals surface area contributed by atoms with Gasteiger partial charge in [0.15, 0.2) is 0 Å². The fourth-order valence-electron chi connectivity index (χ4n) is 3.03. The zero-order valence-corrected chi connectivity index (χ0v) is 19.3. The van der Waals surface area contributed by atoms with Gasteiger partial charge in [-0.25, -0.2) is 8.42 Å². The van der Waals surface area contributed by atoms with Crippen molar-refractivity contribution < 1.29 is 22.7 Å². The van der Waals surface area contributed by atoms with Crippen LogP contribution in [0.4, 0.5) is 0 Å². The maximum Gasteiger partial charge on any atom is 0.243 e. The van der Waals surface area contributed by atoms with Crippen molar-refractivity contribution in [1.29, 1.82) is 0 Å². The van der Waals surface area contributed by atoms with Crippen LogP contribution >= 0.6 is 0 Å². The summed E-state index contributed by atoms with van der Waals surface area (Å²) in [6.45, 7) is 5.98. The summed E-state index contributed by atoms with van der Waals surface area (Å²) in [4.78, 5) is 12.4. The van der Waals surface area contributed by atoms with Gasteiger partial charge < -0.3 is 14.8 Å². The van der Waals surface area contributed by atoms with Gasteiger partial charge in [0.25, 0.3) is 0 Å². The van der Waals surface area contributed by atoms with Crippen LogP contribution in [0.2, 0.25) is 0 Å². The predicted octanol–water partition coefficient (Wildman–Crippen LogP) is 2.99. The van der Waals surface area contributed by atoms with E-state index in [0.717, 1.165) is 16.9 Å². The Morgan fingerprint density at radius 1 is 0.935 bits per heavy atom. The molecule has 1 amide bonds. The van der Waals surface area contributed by atoms with Gasteiger partial charge in [-0.3, -0.25) is 4.79 Å². The Balaban J connectivity index is 1.80. The molecule has 0 unspecified atom stereocenters. The highest BCUT2D eigenvalue weighted by Gasteiger charge is 2.21. The van der Waals surface area contributed by atoms with E-state index in [1.807, 2.05) is 38.1 Å². The van der Waals surface area contributed by atoms with Crippen molar-refractivity contribution in [3.63, 3.8) is 0 Å². The van der Waals surface area contributed by atoms with Gasteiger partial charge in [0.1, 0.15) is 12.4 Å². The molecule has 0 fully saturated rings. The molecule has 0 radical (unpaired) electrons. The van der Waals surface area contributed by atoms with E-state index >= 15 is 0 Å². The molecule has 0 saturated heterocycles. The Hall–Kier alpha value is -2.42. The maximum absolute atomic E-state index is 12.5. The van der Waals surface area contributed by atoms with E-state index in [4.69, 9.17) is 9.47 Å². The number of nitrogens with zero attached hydrogens (tertiary/aromatic N) is 1. The molecule has 0 saturated carbocycles. The van der Waals surface area contributed by atoms with Gasteiger partial charge in [0.05, 0.1) is 11.5 Å². The number of nitrogens with one attached hydrogen (secondary N) is 1. The van der Waals surface area contributed by atoms with E-state index in [2.05, 4.69) is 5.32 Å². The maximum atomic E-state index is 12.5. The molecule has 2 aromatic rings. The Kier molecular flexibility index (Phi) is 9.97. The van der Waals surface area contributed by atoms with Gasteiger partial charge in [0, 0.05) is 33.2 Å². The van der Waals surface area contributed by atoms with Crippen molar-refractivity contribution in [1.82, 2.24) is 9.62 Å². The van der Waals surface area contributed by atoms with Crippen LogP contribution in [-0.2, 0) is 32.5 Å². The van der Waals surface area contributed by atoms with Crippen molar-refractivity contribution in [2.75, 3.05) is 33.4 Å². The summed E-state index contributed by atoms with van der Waals surface area (Å²) in [5, 5.41) is 2.90. The number of ether oxygens (including phenoxy) is 2. The molecule has 2 aromatic carbocycles. The SMILES string of the molecule is CCN(CC)S(=O)(=O)c1ccc(CCC(=O)NCc2ccc(OCCOC)cc2)cc1. The standard InChI is InChI=1S/C23H32N2O5S/c1-4-25(5-2)31(27,28)22-13-8-19(9-14-22)10-15-23(26)24-18-20-6-11-21(12-7-20)30-17-16-29-3/h6-9,11-14H,4-5,10,15-18H2,1-3H3,(H,24,26). The molecular weight excluding hydrogens is 416 g/mol. The highest BCUT2D eigenvalue weighted by Crippen LogP contribution is 2.17. The summed E-state index contributed by atoms with van der Waals surface area (Å²) in [5.41, 5.74) is 1.91. The van der Waals surface area contributed by atoms with E-state index in [1.165, 1.54) is 4.31 Å². The topological polar surface area (TPSA) is 84.9 Å². The number of benzene rings is 2. The zero-order valence-electron chi connectivity index (χ0n) is 18.5. The number of hydrogen-bond acceptors (Lipinski definition) is 5. The van der Waals surface area contributed by atoms with Crippen LogP contribution in [0.5, 0.6) is 5.75 Å². The Morgan fingerprint density at radius 2 is 1.55 bits per heavy atom. The smallest absolute Gasteiger partial charge is 0.243 e. The molecule has 170 valence electrons. The van der Waals surface area contributed by atoms with Gasteiger partial charge in [0.2, 0.25) is 15.9 Å². The normalized spacial score (nSPS) is 11.5. The number of carbonyl (C=O) groups excluding carboxylic acids is 1. The highest BCUT2D eigenvalue weighted by molar-refractivity contribution is 7.89. The van der Waals surface area contributed by atoms with E-state index in [-0.39, 0.29) is 10.8 Å². The molecule has 0 spiro atoms. The van der Waals surface area contributed by atoms with Gasteiger partial charge >= 0.3 is 0 Å². The Labute approximate surface area is 185 Å². The zero-order chi connectivity index (χ0) is 22.7. The van der Waals surface area contributed by atoms with E-state index in [0.29, 0.717) is 45.7 Å². The fraction of sp³-hybridized carbons (Fsp3) is 0.435. The lowest BCUT2D eigenvalue weighted by Crippen LogP contribution is -2.30. The van der Waals surface area contributed by atoms with Gasteiger partial charge in [-0.1, -0.05) is 38.1 Å². The Bertz CT molecular complexity index is 908. The summed E-state index contributed by atoms with van der Waals surface area (Å²) in [6, 6.07) is 14.3. The second-order valence-corrected chi connectivity index (χ2v) is 8.93. The number of carbonyl (C=O) groups is 1. The summed E-state index contributed by atoms with van der Waals surface area (Å²) >= 11 is 0. The average molecular weight is 449 g/mol. The van der Waals surface area contributed by atoms with Gasteiger partial charge in [-0.15, -0.1) is 0 Å².